The minimum Gasteiger partial charge on any atom is -0.483 e. The highest BCUT2D eigenvalue weighted by molar-refractivity contribution is 5.44. The fourth-order valence-corrected chi connectivity index (χ4v) is 1.62. The van der Waals surface area contributed by atoms with Crippen LogP contribution < -0.4 is 10.5 Å². The second-order valence-corrected chi connectivity index (χ2v) is 3.97. The molecule has 0 saturated carbocycles. The molecule has 2 aromatic rings. The largest absolute Gasteiger partial charge is 0.483 e. The average molecular weight is 249 g/mol. The number of halogens is 2. The van der Waals surface area contributed by atoms with Gasteiger partial charge in [-0.3, -0.25) is 0 Å². The van der Waals surface area contributed by atoms with Crippen LogP contribution in [0.3, 0.4) is 0 Å². The third-order valence-electron chi connectivity index (χ3n) is 2.62. The second-order valence-electron chi connectivity index (χ2n) is 3.97. The standard InChI is InChI=1S/C14H13F2NO/c1-9(10-5-3-2-4-6-10)18-14-8-11(15)13(17)7-12(14)16/h2-9H,17H2,1H3. The first-order chi connectivity index (χ1) is 8.58. The van der Waals surface area contributed by atoms with E-state index in [2.05, 4.69) is 0 Å². The van der Waals surface area contributed by atoms with Crippen molar-refractivity contribution < 1.29 is 13.5 Å². The first-order valence-electron chi connectivity index (χ1n) is 5.54. The van der Waals surface area contributed by atoms with Crippen molar-refractivity contribution in [2.24, 2.45) is 0 Å². The minimum atomic E-state index is -0.688. The maximum Gasteiger partial charge on any atom is 0.167 e. The number of nitrogen functional groups attached to an aromatic ring is 1. The van der Waals surface area contributed by atoms with Crippen molar-refractivity contribution >= 4 is 5.69 Å². The summed E-state index contributed by atoms with van der Waals surface area (Å²) < 4.78 is 32.2. The first kappa shape index (κ1) is 12.4. The van der Waals surface area contributed by atoms with E-state index in [4.69, 9.17) is 10.5 Å². The van der Waals surface area contributed by atoms with Crippen LogP contribution in [0.4, 0.5) is 14.5 Å². The molecule has 0 spiro atoms. The highest BCUT2D eigenvalue weighted by Gasteiger charge is 2.13. The molecule has 2 aromatic carbocycles. The zero-order valence-electron chi connectivity index (χ0n) is 9.86. The normalized spacial score (nSPS) is 12.2. The van der Waals surface area contributed by atoms with E-state index in [-0.39, 0.29) is 17.5 Å². The van der Waals surface area contributed by atoms with E-state index >= 15 is 0 Å². The Kier molecular flexibility index (Phi) is 3.46. The predicted molar refractivity (Wildman–Crippen MR) is 66.3 cm³/mol. The molecule has 0 aliphatic heterocycles. The van der Waals surface area contributed by atoms with Crippen molar-refractivity contribution in [1.29, 1.82) is 0 Å². The number of hydrogen-bond donors (Lipinski definition) is 1. The summed E-state index contributed by atoms with van der Waals surface area (Å²) in [7, 11) is 0. The van der Waals surface area contributed by atoms with E-state index in [1.807, 2.05) is 30.3 Å². The van der Waals surface area contributed by atoms with Crippen molar-refractivity contribution in [3.63, 3.8) is 0 Å². The van der Waals surface area contributed by atoms with Crippen molar-refractivity contribution in [2.45, 2.75) is 13.0 Å². The van der Waals surface area contributed by atoms with Gasteiger partial charge in [0.1, 0.15) is 11.9 Å². The molecule has 4 heteroatoms. The summed E-state index contributed by atoms with van der Waals surface area (Å²) in [5.74, 6) is -1.50. The molecule has 2 nitrogen and oxygen atoms in total. The summed E-state index contributed by atoms with van der Waals surface area (Å²) in [5.41, 5.74) is 5.91. The smallest absolute Gasteiger partial charge is 0.167 e. The van der Waals surface area contributed by atoms with Crippen LogP contribution in [0.2, 0.25) is 0 Å². The summed E-state index contributed by atoms with van der Waals surface area (Å²) in [6.45, 7) is 1.77. The van der Waals surface area contributed by atoms with Crippen LogP contribution in [0.5, 0.6) is 5.75 Å². The molecular formula is C14H13F2NO. The van der Waals surface area contributed by atoms with Crippen LogP contribution >= 0.6 is 0 Å². The Morgan fingerprint density at radius 3 is 2.39 bits per heavy atom. The number of hydrogen-bond acceptors (Lipinski definition) is 2. The number of anilines is 1. The third kappa shape index (κ3) is 2.59. The highest BCUT2D eigenvalue weighted by atomic mass is 19.1. The summed E-state index contributed by atoms with van der Waals surface area (Å²) in [6.07, 6.45) is -0.372. The topological polar surface area (TPSA) is 35.2 Å². The summed E-state index contributed by atoms with van der Waals surface area (Å²) in [6, 6.07) is 11.2. The number of rotatable bonds is 3. The average Bonchev–Trinajstić information content (AvgIpc) is 2.37. The molecule has 0 aliphatic carbocycles. The molecule has 1 atom stereocenters. The Labute approximate surface area is 104 Å². The Balaban J connectivity index is 2.22. The summed E-state index contributed by atoms with van der Waals surface area (Å²) >= 11 is 0. The zero-order valence-corrected chi connectivity index (χ0v) is 9.86. The van der Waals surface area contributed by atoms with E-state index in [9.17, 15) is 8.78 Å². The molecule has 0 aliphatic rings. The van der Waals surface area contributed by atoms with E-state index in [1.165, 1.54) is 0 Å². The van der Waals surface area contributed by atoms with E-state index in [0.717, 1.165) is 17.7 Å². The number of benzene rings is 2. The van der Waals surface area contributed by atoms with Gasteiger partial charge in [-0.2, -0.15) is 0 Å². The molecule has 0 radical (unpaired) electrons. The summed E-state index contributed by atoms with van der Waals surface area (Å²) in [5, 5.41) is 0. The Hall–Kier alpha value is -2.10. The fourth-order valence-electron chi connectivity index (χ4n) is 1.62. The van der Waals surface area contributed by atoms with Gasteiger partial charge in [0.2, 0.25) is 0 Å². The SMILES string of the molecule is CC(Oc1cc(F)c(N)cc1F)c1ccccc1. The molecule has 1 unspecified atom stereocenters. The minimum absolute atomic E-state index is 0.141. The second kappa shape index (κ2) is 5.04. The van der Waals surface area contributed by atoms with E-state index in [0.29, 0.717) is 0 Å². The first-order valence-corrected chi connectivity index (χ1v) is 5.54. The summed E-state index contributed by atoms with van der Waals surface area (Å²) in [4.78, 5) is 0. The van der Waals surface area contributed by atoms with Crippen LogP contribution in [-0.4, -0.2) is 0 Å². The number of nitrogens with two attached hydrogens (primary N) is 1. The Bertz CT molecular complexity index is 543. The van der Waals surface area contributed by atoms with Crippen LogP contribution in [-0.2, 0) is 0 Å². The molecular weight excluding hydrogens is 236 g/mol. The third-order valence-corrected chi connectivity index (χ3v) is 2.62. The van der Waals surface area contributed by atoms with Gasteiger partial charge in [-0.05, 0) is 12.5 Å². The lowest BCUT2D eigenvalue weighted by Crippen LogP contribution is -2.05. The molecule has 2 N–H and O–H groups in total. The van der Waals surface area contributed by atoms with Crippen molar-refractivity contribution in [1.82, 2.24) is 0 Å². The lowest BCUT2D eigenvalue weighted by Gasteiger charge is -2.16. The molecule has 0 bridgehead atoms. The Morgan fingerprint density at radius 2 is 1.72 bits per heavy atom. The van der Waals surface area contributed by atoms with Crippen molar-refractivity contribution in [2.75, 3.05) is 5.73 Å². The van der Waals surface area contributed by atoms with Crippen LogP contribution in [0, 0.1) is 11.6 Å². The van der Waals surface area contributed by atoms with Crippen LogP contribution in [0.25, 0.3) is 0 Å². The van der Waals surface area contributed by atoms with Gasteiger partial charge < -0.3 is 10.5 Å². The monoisotopic (exact) mass is 249 g/mol. The molecule has 94 valence electrons. The lowest BCUT2D eigenvalue weighted by atomic mass is 10.1. The number of ether oxygens (including phenoxy) is 1. The van der Waals surface area contributed by atoms with Crippen molar-refractivity contribution in [3.05, 3.63) is 59.7 Å². The van der Waals surface area contributed by atoms with Crippen LogP contribution in [0.15, 0.2) is 42.5 Å². The van der Waals surface area contributed by atoms with Gasteiger partial charge in [-0.1, -0.05) is 30.3 Å². The molecule has 0 heterocycles. The van der Waals surface area contributed by atoms with E-state index < -0.39 is 11.6 Å². The Morgan fingerprint density at radius 1 is 1.06 bits per heavy atom. The molecule has 0 saturated heterocycles. The van der Waals surface area contributed by atoms with E-state index in [1.54, 1.807) is 6.92 Å². The predicted octanol–water partition coefficient (Wildman–Crippen LogP) is 3.69. The maximum absolute atomic E-state index is 13.5. The van der Waals surface area contributed by atoms with Gasteiger partial charge in [-0.25, -0.2) is 8.78 Å². The quantitative estimate of drug-likeness (QED) is 0.842. The van der Waals surface area contributed by atoms with Gasteiger partial charge in [0.25, 0.3) is 0 Å². The molecule has 2 rings (SSSR count). The van der Waals surface area contributed by atoms with Crippen LogP contribution in [0.1, 0.15) is 18.6 Å². The van der Waals surface area contributed by atoms with Crippen molar-refractivity contribution in [3.8, 4) is 5.75 Å². The van der Waals surface area contributed by atoms with Gasteiger partial charge in [-0.15, -0.1) is 0 Å². The fraction of sp³-hybridized carbons (Fsp3) is 0.143. The maximum atomic E-state index is 13.5. The molecule has 0 fully saturated rings. The zero-order chi connectivity index (χ0) is 13.1. The van der Waals surface area contributed by atoms with Gasteiger partial charge in [0.05, 0.1) is 5.69 Å². The van der Waals surface area contributed by atoms with Gasteiger partial charge in [0, 0.05) is 12.1 Å². The highest BCUT2D eigenvalue weighted by Crippen LogP contribution is 2.27. The van der Waals surface area contributed by atoms with Gasteiger partial charge >= 0.3 is 0 Å². The lowest BCUT2D eigenvalue weighted by molar-refractivity contribution is 0.215. The molecule has 0 amide bonds. The molecule has 0 aromatic heterocycles. The van der Waals surface area contributed by atoms with Gasteiger partial charge in [0.15, 0.2) is 11.6 Å². The molecule has 18 heavy (non-hydrogen) atoms.